The molecule has 0 bridgehead atoms. The number of phenolic OH excluding ortho intramolecular Hbond substituents is 1. The van der Waals surface area contributed by atoms with Crippen LogP contribution in [-0.4, -0.2) is 46.2 Å². The highest BCUT2D eigenvalue weighted by atomic mass is 16.5. The average molecular weight is 327 g/mol. The molecule has 6 nitrogen and oxygen atoms in total. The summed E-state index contributed by atoms with van der Waals surface area (Å²) in [7, 11) is 0. The summed E-state index contributed by atoms with van der Waals surface area (Å²) in [5, 5.41) is 18.2. The highest BCUT2D eigenvalue weighted by Gasteiger charge is 2.27. The average Bonchev–Trinajstić information content (AvgIpc) is 3.04. The van der Waals surface area contributed by atoms with E-state index in [9.17, 15) is 14.7 Å². The maximum atomic E-state index is 12.3. The number of carbonyl (C=O) groups excluding carboxylic acids is 1. The summed E-state index contributed by atoms with van der Waals surface area (Å²) >= 11 is 0. The maximum Gasteiger partial charge on any atom is 0.407 e. The van der Waals surface area contributed by atoms with Crippen LogP contribution in [0.4, 0.5) is 4.79 Å². The van der Waals surface area contributed by atoms with Crippen LogP contribution in [0.3, 0.4) is 0 Å². The molecule has 0 aliphatic carbocycles. The number of nitrogens with zero attached hydrogens (tertiary/aromatic N) is 1. The number of likely N-dealkylation sites (tertiary alicyclic amines) is 1. The first-order valence-electron chi connectivity index (χ1n) is 7.61. The Morgan fingerprint density at radius 3 is 2.12 bits per heavy atom. The SMILES string of the molecule is O=C(c1ccc(O)cc1)c1ccc(OC2CCN(C(=O)O)C2)cc1. The fraction of sp³-hybridized carbons (Fsp3) is 0.222. The van der Waals surface area contributed by atoms with Gasteiger partial charge in [0.2, 0.25) is 0 Å². The van der Waals surface area contributed by atoms with E-state index in [1.807, 2.05) is 0 Å². The summed E-state index contributed by atoms with van der Waals surface area (Å²) in [4.78, 5) is 24.6. The number of aromatic hydroxyl groups is 1. The number of rotatable bonds is 4. The summed E-state index contributed by atoms with van der Waals surface area (Å²) in [6.45, 7) is 0.820. The van der Waals surface area contributed by atoms with Gasteiger partial charge in [-0.15, -0.1) is 0 Å². The van der Waals surface area contributed by atoms with E-state index in [-0.39, 0.29) is 17.6 Å². The van der Waals surface area contributed by atoms with Crippen molar-refractivity contribution in [1.29, 1.82) is 0 Å². The van der Waals surface area contributed by atoms with E-state index >= 15 is 0 Å². The molecule has 0 radical (unpaired) electrons. The Kier molecular flexibility index (Phi) is 4.37. The Balaban J connectivity index is 1.64. The molecule has 1 saturated heterocycles. The molecule has 1 aliphatic rings. The number of phenols is 1. The molecule has 2 aromatic rings. The number of hydrogen-bond acceptors (Lipinski definition) is 4. The monoisotopic (exact) mass is 327 g/mol. The van der Waals surface area contributed by atoms with Gasteiger partial charge in [-0.05, 0) is 48.5 Å². The van der Waals surface area contributed by atoms with Crippen molar-refractivity contribution in [1.82, 2.24) is 4.90 Å². The number of amides is 1. The topological polar surface area (TPSA) is 87.1 Å². The molecule has 6 heteroatoms. The van der Waals surface area contributed by atoms with Gasteiger partial charge in [0.1, 0.15) is 17.6 Å². The van der Waals surface area contributed by atoms with Crippen molar-refractivity contribution < 1.29 is 24.5 Å². The first-order chi connectivity index (χ1) is 11.5. The van der Waals surface area contributed by atoms with E-state index in [2.05, 4.69) is 0 Å². The third-order valence-corrected chi connectivity index (χ3v) is 3.96. The number of ketones is 1. The first kappa shape index (κ1) is 15.9. The molecule has 1 atom stereocenters. The van der Waals surface area contributed by atoms with Crippen LogP contribution in [0.25, 0.3) is 0 Å². The van der Waals surface area contributed by atoms with Crippen LogP contribution >= 0.6 is 0 Å². The summed E-state index contributed by atoms with van der Waals surface area (Å²) < 4.78 is 5.76. The zero-order valence-electron chi connectivity index (χ0n) is 12.9. The molecule has 0 aromatic heterocycles. The van der Waals surface area contributed by atoms with Crippen molar-refractivity contribution in [3.05, 3.63) is 59.7 Å². The molecule has 1 unspecified atom stereocenters. The third-order valence-electron chi connectivity index (χ3n) is 3.96. The van der Waals surface area contributed by atoms with Gasteiger partial charge in [0.15, 0.2) is 5.78 Å². The van der Waals surface area contributed by atoms with Crippen LogP contribution in [0, 0.1) is 0 Å². The van der Waals surface area contributed by atoms with Gasteiger partial charge in [-0.25, -0.2) is 4.79 Å². The van der Waals surface area contributed by atoms with E-state index < -0.39 is 6.09 Å². The second-order valence-electron chi connectivity index (χ2n) is 5.66. The van der Waals surface area contributed by atoms with Crippen LogP contribution in [0.5, 0.6) is 11.5 Å². The Morgan fingerprint density at radius 2 is 1.58 bits per heavy atom. The minimum Gasteiger partial charge on any atom is -0.508 e. The smallest absolute Gasteiger partial charge is 0.407 e. The first-order valence-corrected chi connectivity index (χ1v) is 7.61. The molecule has 3 rings (SSSR count). The lowest BCUT2D eigenvalue weighted by atomic mass is 10.0. The highest BCUT2D eigenvalue weighted by molar-refractivity contribution is 6.09. The van der Waals surface area contributed by atoms with E-state index in [4.69, 9.17) is 9.84 Å². The molecule has 0 spiro atoms. The maximum absolute atomic E-state index is 12.3. The second kappa shape index (κ2) is 6.62. The molecule has 24 heavy (non-hydrogen) atoms. The second-order valence-corrected chi connectivity index (χ2v) is 5.66. The minimum absolute atomic E-state index is 0.113. The summed E-state index contributed by atoms with van der Waals surface area (Å²) in [5.74, 6) is 0.580. The van der Waals surface area contributed by atoms with Crippen molar-refractivity contribution in [2.45, 2.75) is 12.5 Å². The van der Waals surface area contributed by atoms with E-state index in [0.29, 0.717) is 36.4 Å². The van der Waals surface area contributed by atoms with Crippen LogP contribution in [0.2, 0.25) is 0 Å². The lowest BCUT2D eigenvalue weighted by Gasteiger charge is -2.14. The largest absolute Gasteiger partial charge is 0.508 e. The lowest BCUT2D eigenvalue weighted by Crippen LogP contribution is -2.29. The van der Waals surface area contributed by atoms with Crippen molar-refractivity contribution in [2.75, 3.05) is 13.1 Å². The lowest BCUT2D eigenvalue weighted by molar-refractivity contribution is 0.103. The fourth-order valence-corrected chi connectivity index (χ4v) is 2.65. The van der Waals surface area contributed by atoms with E-state index in [1.54, 1.807) is 36.4 Å². The Hall–Kier alpha value is -3.02. The predicted molar refractivity (Wildman–Crippen MR) is 86.6 cm³/mol. The molecule has 2 aromatic carbocycles. The van der Waals surface area contributed by atoms with Gasteiger partial charge in [0.25, 0.3) is 0 Å². The molecule has 1 amide bonds. The predicted octanol–water partition coefficient (Wildman–Crippen LogP) is 2.75. The number of carbonyl (C=O) groups is 2. The summed E-state index contributed by atoms with van der Waals surface area (Å²) in [5.41, 5.74) is 1.01. The molecular weight excluding hydrogens is 310 g/mol. The fourth-order valence-electron chi connectivity index (χ4n) is 2.65. The third kappa shape index (κ3) is 3.48. The van der Waals surface area contributed by atoms with E-state index in [1.165, 1.54) is 17.0 Å². The van der Waals surface area contributed by atoms with Gasteiger partial charge in [-0.3, -0.25) is 4.79 Å². The highest BCUT2D eigenvalue weighted by Crippen LogP contribution is 2.21. The van der Waals surface area contributed by atoms with Gasteiger partial charge >= 0.3 is 6.09 Å². The van der Waals surface area contributed by atoms with Gasteiger partial charge in [0, 0.05) is 24.1 Å². The number of ether oxygens (including phenoxy) is 1. The Bertz CT molecular complexity index is 739. The molecule has 1 fully saturated rings. The Labute approximate surface area is 138 Å². The van der Waals surface area contributed by atoms with Crippen molar-refractivity contribution >= 4 is 11.9 Å². The summed E-state index contributed by atoms with van der Waals surface area (Å²) in [6, 6.07) is 12.8. The van der Waals surface area contributed by atoms with Gasteiger partial charge in [0.05, 0.1) is 6.54 Å². The van der Waals surface area contributed by atoms with Crippen LogP contribution < -0.4 is 4.74 Å². The van der Waals surface area contributed by atoms with Crippen molar-refractivity contribution in [3.63, 3.8) is 0 Å². The zero-order chi connectivity index (χ0) is 17.1. The number of hydrogen-bond donors (Lipinski definition) is 2. The number of carboxylic acid groups (broad SMARTS) is 1. The van der Waals surface area contributed by atoms with Crippen molar-refractivity contribution in [2.24, 2.45) is 0 Å². The number of benzene rings is 2. The van der Waals surface area contributed by atoms with Crippen LogP contribution in [0.1, 0.15) is 22.3 Å². The van der Waals surface area contributed by atoms with Crippen LogP contribution in [-0.2, 0) is 0 Å². The standard InChI is InChI=1S/C18H17NO5/c20-14-5-1-12(2-6-14)17(21)13-3-7-15(8-4-13)24-16-9-10-19(11-16)18(22)23/h1-8,16,20H,9-11H2,(H,22,23). The van der Waals surface area contributed by atoms with Crippen molar-refractivity contribution in [3.8, 4) is 11.5 Å². The molecule has 1 aliphatic heterocycles. The normalized spacial score (nSPS) is 16.8. The van der Waals surface area contributed by atoms with Crippen LogP contribution in [0.15, 0.2) is 48.5 Å². The quantitative estimate of drug-likeness (QED) is 0.843. The van der Waals surface area contributed by atoms with Gasteiger partial charge in [-0.1, -0.05) is 0 Å². The minimum atomic E-state index is -0.934. The molecule has 2 N–H and O–H groups in total. The Morgan fingerprint density at radius 1 is 1.00 bits per heavy atom. The summed E-state index contributed by atoms with van der Waals surface area (Å²) in [6.07, 6.45) is -0.448. The molecule has 1 heterocycles. The zero-order valence-corrected chi connectivity index (χ0v) is 12.9. The van der Waals surface area contributed by atoms with E-state index in [0.717, 1.165) is 0 Å². The molecular formula is C18H17NO5. The van der Waals surface area contributed by atoms with Gasteiger partial charge < -0.3 is 19.8 Å². The molecule has 124 valence electrons. The molecule has 0 saturated carbocycles. The van der Waals surface area contributed by atoms with Gasteiger partial charge in [-0.2, -0.15) is 0 Å².